The second kappa shape index (κ2) is 17.3. The monoisotopic (exact) mass is 698 g/mol. The third kappa shape index (κ3) is 9.32. The molecule has 3 aliphatic heterocycles. The Morgan fingerprint density at radius 1 is 0.646 bits per heavy atom. The second-order valence-electron chi connectivity index (χ2n) is 11.7. The van der Waals surface area contributed by atoms with E-state index in [2.05, 4.69) is 16.0 Å². The summed E-state index contributed by atoms with van der Waals surface area (Å²) < 4.78 is 35.0. The molecule has 12 N–H and O–H groups in total. The molecule has 0 aliphatic carbocycles. The molecule has 0 radical (unpaired) electrons. The zero-order valence-corrected chi connectivity index (χ0v) is 26.6. The molecule has 0 spiro atoms. The van der Waals surface area contributed by atoms with Crippen molar-refractivity contribution in [2.75, 3.05) is 19.8 Å². The number of carbonyl (C=O) groups is 4. The van der Waals surface area contributed by atoms with Gasteiger partial charge >= 0.3 is 0 Å². The number of hydrogen-bond acceptors (Lipinski definition) is 17. The van der Waals surface area contributed by atoms with Crippen LogP contribution in [-0.2, 0) is 47.6 Å². The number of carbonyl (C=O) groups excluding carboxylic acids is 4. The molecule has 3 rings (SSSR count). The van der Waals surface area contributed by atoms with Gasteiger partial charge in [0.2, 0.25) is 23.6 Å². The number of aliphatic hydroxyl groups is 7. The summed E-state index contributed by atoms with van der Waals surface area (Å²) >= 11 is 0. The quantitative estimate of drug-likeness (QED) is 0.0851. The molecule has 276 valence electrons. The van der Waals surface area contributed by atoms with Crippen LogP contribution in [0, 0.1) is 0 Å². The summed E-state index contributed by atoms with van der Waals surface area (Å²) in [4.78, 5) is 48.3. The van der Waals surface area contributed by atoms with Crippen LogP contribution in [0.25, 0.3) is 0 Å². The number of ether oxygens (including phenoxy) is 6. The lowest BCUT2D eigenvalue weighted by Gasteiger charge is -2.51. The van der Waals surface area contributed by atoms with Gasteiger partial charge in [-0.3, -0.25) is 19.2 Å². The molecule has 4 amide bonds. The summed E-state index contributed by atoms with van der Waals surface area (Å²) in [6, 6.07) is -4.39. The molecule has 0 aromatic heterocycles. The van der Waals surface area contributed by atoms with E-state index in [1.807, 2.05) is 0 Å². The Bertz CT molecular complexity index is 1120. The summed E-state index contributed by atoms with van der Waals surface area (Å²) in [6.07, 6.45) is -20.6. The van der Waals surface area contributed by atoms with Gasteiger partial charge in [-0.1, -0.05) is 0 Å². The molecular formula is C27H46N4O17. The van der Waals surface area contributed by atoms with Crippen LogP contribution in [0.1, 0.15) is 27.7 Å². The van der Waals surface area contributed by atoms with Crippen LogP contribution in [0.2, 0.25) is 0 Å². The number of amides is 4. The van der Waals surface area contributed by atoms with E-state index in [9.17, 15) is 54.9 Å². The largest absolute Gasteiger partial charge is 0.394 e. The van der Waals surface area contributed by atoms with Crippen LogP contribution >= 0.6 is 0 Å². The zero-order chi connectivity index (χ0) is 36.0. The van der Waals surface area contributed by atoms with Crippen LogP contribution in [0.3, 0.4) is 0 Å². The molecule has 0 bridgehead atoms. The van der Waals surface area contributed by atoms with Crippen molar-refractivity contribution in [3.8, 4) is 0 Å². The number of nitrogens with two attached hydrogens (primary N) is 1. The van der Waals surface area contributed by atoms with E-state index >= 15 is 0 Å². The molecule has 0 aromatic rings. The Morgan fingerprint density at radius 2 is 1.10 bits per heavy atom. The molecule has 0 unspecified atom stereocenters. The number of nitrogens with one attached hydrogen (secondary N) is 3. The first-order valence-corrected chi connectivity index (χ1v) is 15.1. The van der Waals surface area contributed by atoms with Gasteiger partial charge in [-0.2, -0.15) is 0 Å². The lowest BCUT2D eigenvalue weighted by atomic mass is 9.93. The van der Waals surface area contributed by atoms with Crippen molar-refractivity contribution < 1.29 is 83.3 Å². The Morgan fingerprint density at radius 3 is 1.62 bits per heavy atom. The molecule has 21 heteroatoms. The van der Waals surface area contributed by atoms with E-state index in [0.717, 1.165) is 20.8 Å². The highest BCUT2D eigenvalue weighted by Crippen LogP contribution is 2.34. The van der Waals surface area contributed by atoms with Crippen molar-refractivity contribution in [3.63, 3.8) is 0 Å². The highest BCUT2D eigenvalue weighted by Gasteiger charge is 2.55. The predicted molar refractivity (Wildman–Crippen MR) is 154 cm³/mol. The van der Waals surface area contributed by atoms with Crippen molar-refractivity contribution in [1.29, 1.82) is 0 Å². The first-order valence-electron chi connectivity index (χ1n) is 15.1. The third-order valence-electron chi connectivity index (χ3n) is 8.03. The summed E-state index contributed by atoms with van der Waals surface area (Å²) in [6.45, 7) is 2.15. The van der Waals surface area contributed by atoms with Crippen molar-refractivity contribution in [2.45, 2.75) is 126 Å². The minimum Gasteiger partial charge on any atom is -0.394 e. The maximum absolute atomic E-state index is 12.5. The minimum atomic E-state index is -1.77. The van der Waals surface area contributed by atoms with E-state index in [4.69, 9.17) is 34.2 Å². The van der Waals surface area contributed by atoms with Crippen molar-refractivity contribution in [2.24, 2.45) is 5.73 Å². The fourth-order valence-electron chi connectivity index (χ4n) is 5.72. The Hall–Kier alpha value is -2.64. The van der Waals surface area contributed by atoms with Crippen molar-refractivity contribution >= 4 is 23.6 Å². The van der Waals surface area contributed by atoms with E-state index in [1.165, 1.54) is 6.92 Å². The first kappa shape index (κ1) is 39.8. The summed E-state index contributed by atoms with van der Waals surface area (Å²) in [5.41, 5.74) is 5.45. The Labute approximate surface area is 274 Å². The van der Waals surface area contributed by atoms with Crippen LogP contribution in [0.15, 0.2) is 0 Å². The molecule has 3 heterocycles. The maximum Gasteiger partial charge on any atom is 0.246 e. The average Bonchev–Trinajstić information content (AvgIpc) is 3.01. The molecule has 0 saturated carbocycles. The summed E-state index contributed by atoms with van der Waals surface area (Å²) in [5.74, 6) is -2.98. The molecular weight excluding hydrogens is 652 g/mol. The Balaban J connectivity index is 2.06. The van der Waals surface area contributed by atoms with Crippen LogP contribution in [0.5, 0.6) is 0 Å². The van der Waals surface area contributed by atoms with E-state index in [-0.39, 0.29) is 0 Å². The fourth-order valence-corrected chi connectivity index (χ4v) is 5.72. The molecule has 16 atom stereocenters. The van der Waals surface area contributed by atoms with E-state index in [1.54, 1.807) is 0 Å². The van der Waals surface area contributed by atoms with E-state index < -0.39 is 141 Å². The van der Waals surface area contributed by atoms with Crippen LogP contribution in [0.4, 0.5) is 0 Å². The Kier molecular flexibility index (Phi) is 14.4. The van der Waals surface area contributed by atoms with Gasteiger partial charge in [0.15, 0.2) is 18.9 Å². The normalized spacial score (nSPS) is 40.8. The van der Waals surface area contributed by atoms with Gasteiger partial charge in [0, 0.05) is 20.8 Å². The summed E-state index contributed by atoms with van der Waals surface area (Å²) in [7, 11) is 0. The van der Waals surface area contributed by atoms with Gasteiger partial charge in [0.25, 0.3) is 0 Å². The van der Waals surface area contributed by atoms with Crippen molar-refractivity contribution in [1.82, 2.24) is 16.0 Å². The topological polar surface area (TPSA) is 327 Å². The van der Waals surface area contributed by atoms with Gasteiger partial charge in [-0.15, -0.1) is 0 Å². The highest BCUT2D eigenvalue weighted by molar-refractivity contribution is 5.78. The first-order chi connectivity index (χ1) is 22.5. The minimum absolute atomic E-state index is 0.647. The number of hydrogen-bond donors (Lipinski definition) is 11. The lowest BCUT2D eigenvalue weighted by Crippen LogP contribution is -2.71. The fraction of sp³-hybridized carbons (Fsp3) is 0.852. The number of primary amides is 1. The van der Waals surface area contributed by atoms with Gasteiger partial charge in [-0.05, 0) is 6.92 Å². The molecule has 48 heavy (non-hydrogen) atoms. The maximum atomic E-state index is 12.5. The zero-order valence-electron chi connectivity index (χ0n) is 26.6. The SMILES string of the molecule is CC(=O)N[C@@H]1[C@@H](O)[C@H](O[C@@H]2O[C@H](CO)[C@@H](O[C@@H]3O[C@H](CO)[C@@H](O)[C@H](O)[C@H]3NC(C)=O)[C@H](O[C@H](C)C(N)=O)[C@H]2NC(C)=O)[C@@H](CO)O[C@H]1O. The van der Waals surface area contributed by atoms with Gasteiger partial charge in [0.1, 0.15) is 79.2 Å². The molecule has 0 aromatic carbocycles. The summed E-state index contributed by atoms with van der Waals surface area (Å²) in [5, 5.41) is 80.0. The number of aliphatic hydroxyl groups excluding tert-OH is 7. The third-order valence-corrected chi connectivity index (χ3v) is 8.03. The van der Waals surface area contributed by atoms with Crippen molar-refractivity contribution in [3.05, 3.63) is 0 Å². The van der Waals surface area contributed by atoms with E-state index in [0.29, 0.717) is 0 Å². The average molecular weight is 699 g/mol. The van der Waals surface area contributed by atoms with Crippen LogP contribution in [-0.4, -0.2) is 177 Å². The van der Waals surface area contributed by atoms with Gasteiger partial charge in [-0.25, -0.2) is 0 Å². The van der Waals surface area contributed by atoms with Gasteiger partial charge < -0.3 is 85.9 Å². The number of rotatable bonds is 13. The second-order valence-corrected chi connectivity index (χ2v) is 11.7. The molecule has 3 fully saturated rings. The molecule has 21 nitrogen and oxygen atoms in total. The predicted octanol–water partition coefficient (Wildman–Crippen LogP) is -7.24. The smallest absolute Gasteiger partial charge is 0.246 e. The lowest BCUT2D eigenvalue weighted by molar-refractivity contribution is -0.355. The highest BCUT2D eigenvalue weighted by atomic mass is 16.7. The molecule has 3 saturated heterocycles. The van der Waals surface area contributed by atoms with Gasteiger partial charge in [0.05, 0.1) is 19.8 Å². The standard InChI is InChI=1S/C27H46N4O17/c1-8(24(28)41)43-23-17(31-11(4)37)27(47-21-13(6-33)44-25(42)15(20(21)40)29-9(2)35)46-14(7-34)22(23)48-26-16(30-10(3)36)19(39)18(38)12(5-32)45-26/h8,12-23,25-27,32-34,38-40,42H,5-7H2,1-4H3,(H2,28,41)(H,29,35)(H,30,36)(H,31,37)/t8-,12-,13-,14-,15-,16-,17-,18-,19-,20-,21-,22-,23-,25-,26+,27+/m1/s1. The molecule has 3 aliphatic rings. The van der Waals surface area contributed by atoms with Crippen LogP contribution < -0.4 is 21.7 Å².